The number of rotatable bonds is 5. The van der Waals surface area contributed by atoms with Gasteiger partial charge in [0.2, 0.25) is 0 Å². The van der Waals surface area contributed by atoms with E-state index in [1.54, 1.807) is 0 Å². The molecular formula is C18H20O2. The largest absolute Gasteiger partial charge is 0.469 e. The van der Waals surface area contributed by atoms with Crippen molar-refractivity contribution in [3.63, 3.8) is 0 Å². The second-order valence-corrected chi connectivity index (χ2v) is 5.02. The molecule has 0 N–H and O–H groups in total. The molecule has 0 spiro atoms. The predicted octanol–water partition coefficient (Wildman–Crippen LogP) is 3.82. The fraction of sp³-hybridized carbons (Fsp3) is 0.278. The maximum absolute atomic E-state index is 12.1. The summed E-state index contributed by atoms with van der Waals surface area (Å²) < 4.78 is 4.99. The Hall–Kier alpha value is -2.09. The van der Waals surface area contributed by atoms with Gasteiger partial charge in [0.15, 0.2) is 0 Å². The van der Waals surface area contributed by atoms with Crippen LogP contribution in [0.25, 0.3) is 0 Å². The lowest BCUT2D eigenvalue weighted by Gasteiger charge is -2.22. The van der Waals surface area contributed by atoms with Crippen molar-refractivity contribution in [2.24, 2.45) is 5.92 Å². The van der Waals surface area contributed by atoms with Crippen LogP contribution in [-0.2, 0) is 16.0 Å². The first-order valence-corrected chi connectivity index (χ1v) is 6.89. The Labute approximate surface area is 120 Å². The molecule has 0 fully saturated rings. The van der Waals surface area contributed by atoms with Crippen LogP contribution in [0.5, 0.6) is 0 Å². The Balaban J connectivity index is 2.22. The van der Waals surface area contributed by atoms with Gasteiger partial charge in [-0.25, -0.2) is 0 Å². The van der Waals surface area contributed by atoms with Crippen molar-refractivity contribution in [2.75, 3.05) is 7.11 Å². The molecule has 2 aromatic rings. The molecule has 104 valence electrons. The van der Waals surface area contributed by atoms with Crippen molar-refractivity contribution in [1.82, 2.24) is 0 Å². The van der Waals surface area contributed by atoms with E-state index in [0.717, 1.165) is 5.56 Å². The summed E-state index contributed by atoms with van der Waals surface area (Å²) in [6, 6.07) is 20.2. The zero-order chi connectivity index (χ0) is 14.4. The average molecular weight is 268 g/mol. The lowest BCUT2D eigenvalue weighted by molar-refractivity contribution is -0.146. The molecule has 0 saturated carbocycles. The first kappa shape index (κ1) is 14.3. The Morgan fingerprint density at radius 1 is 1.00 bits per heavy atom. The van der Waals surface area contributed by atoms with Crippen LogP contribution >= 0.6 is 0 Å². The van der Waals surface area contributed by atoms with E-state index in [2.05, 4.69) is 19.1 Å². The molecule has 2 nitrogen and oxygen atoms in total. The molecule has 2 aromatic carbocycles. The van der Waals surface area contributed by atoms with Gasteiger partial charge in [0.25, 0.3) is 0 Å². The van der Waals surface area contributed by atoms with Crippen LogP contribution in [0.15, 0.2) is 60.7 Å². The van der Waals surface area contributed by atoms with Gasteiger partial charge in [0, 0.05) is 0 Å². The van der Waals surface area contributed by atoms with E-state index in [-0.39, 0.29) is 17.8 Å². The van der Waals surface area contributed by atoms with Gasteiger partial charge in [-0.3, -0.25) is 4.79 Å². The average Bonchev–Trinajstić information content (AvgIpc) is 2.53. The summed E-state index contributed by atoms with van der Waals surface area (Å²) in [7, 11) is 1.46. The summed E-state index contributed by atoms with van der Waals surface area (Å²) in [4.78, 5) is 12.1. The van der Waals surface area contributed by atoms with Crippen molar-refractivity contribution in [1.29, 1.82) is 0 Å². The Kier molecular flexibility index (Phi) is 4.94. The van der Waals surface area contributed by atoms with Gasteiger partial charge in [0.1, 0.15) is 0 Å². The highest BCUT2D eigenvalue weighted by atomic mass is 16.5. The SMILES string of the molecule is COC(=O)C(Cc1ccccc1)[C@@H](C)c1ccccc1. The summed E-state index contributed by atoms with van der Waals surface area (Å²) in [6.07, 6.45) is 0.698. The van der Waals surface area contributed by atoms with Crippen molar-refractivity contribution >= 4 is 5.97 Å². The van der Waals surface area contributed by atoms with E-state index in [0.29, 0.717) is 6.42 Å². The minimum atomic E-state index is -0.162. The van der Waals surface area contributed by atoms with Crippen LogP contribution in [0.3, 0.4) is 0 Å². The highest BCUT2D eigenvalue weighted by molar-refractivity contribution is 5.74. The Morgan fingerprint density at radius 3 is 2.10 bits per heavy atom. The molecule has 0 radical (unpaired) electrons. The van der Waals surface area contributed by atoms with Crippen LogP contribution in [0.2, 0.25) is 0 Å². The second-order valence-electron chi connectivity index (χ2n) is 5.02. The number of carbonyl (C=O) groups is 1. The maximum atomic E-state index is 12.1. The number of ether oxygens (including phenoxy) is 1. The van der Waals surface area contributed by atoms with Gasteiger partial charge < -0.3 is 4.74 Å². The zero-order valence-electron chi connectivity index (χ0n) is 12.0. The van der Waals surface area contributed by atoms with Crippen LogP contribution in [0.1, 0.15) is 24.0 Å². The lowest BCUT2D eigenvalue weighted by Crippen LogP contribution is -2.24. The van der Waals surface area contributed by atoms with Crippen LogP contribution in [0.4, 0.5) is 0 Å². The predicted molar refractivity (Wildman–Crippen MR) is 80.5 cm³/mol. The molecule has 2 heteroatoms. The topological polar surface area (TPSA) is 26.3 Å². The number of esters is 1. The van der Waals surface area contributed by atoms with Crippen molar-refractivity contribution in [3.8, 4) is 0 Å². The first-order chi connectivity index (χ1) is 9.72. The first-order valence-electron chi connectivity index (χ1n) is 6.89. The van der Waals surface area contributed by atoms with E-state index in [9.17, 15) is 4.79 Å². The van der Waals surface area contributed by atoms with Gasteiger partial charge in [-0.2, -0.15) is 0 Å². The molecule has 20 heavy (non-hydrogen) atoms. The van der Waals surface area contributed by atoms with Crippen LogP contribution in [-0.4, -0.2) is 13.1 Å². The summed E-state index contributed by atoms with van der Waals surface area (Å²) >= 11 is 0. The number of benzene rings is 2. The summed E-state index contributed by atoms with van der Waals surface area (Å²) in [6.45, 7) is 2.08. The van der Waals surface area contributed by atoms with Gasteiger partial charge in [-0.15, -0.1) is 0 Å². The minimum Gasteiger partial charge on any atom is -0.469 e. The van der Waals surface area contributed by atoms with Gasteiger partial charge in [0.05, 0.1) is 13.0 Å². The molecule has 0 heterocycles. The maximum Gasteiger partial charge on any atom is 0.309 e. The third-order valence-corrected chi connectivity index (χ3v) is 3.73. The molecule has 0 aromatic heterocycles. The summed E-state index contributed by atoms with van der Waals surface area (Å²) in [5.41, 5.74) is 2.32. The quantitative estimate of drug-likeness (QED) is 0.770. The monoisotopic (exact) mass is 268 g/mol. The van der Waals surface area contributed by atoms with Crippen LogP contribution < -0.4 is 0 Å². The lowest BCUT2D eigenvalue weighted by atomic mass is 9.83. The van der Waals surface area contributed by atoms with E-state index >= 15 is 0 Å². The summed E-state index contributed by atoms with van der Waals surface area (Å²) in [5, 5.41) is 0. The molecule has 0 saturated heterocycles. The Morgan fingerprint density at radius 2 is 1.55 bits per heavy atom. The summed E-state index contributed by atoms with van der Waals surface area (Å²) in [5.74, 6) is -0.182. The minimum absolute atomic E-state index is 0.129. The Bertz CT molecular complexity index is 534. The van der Waals surface area contributed by atoms with Gasteiger partial charge in [-0.1, -0.05) is 67.6 Å². The number of carbonyl (C=O) groups excluding carboxylic acids is 1. The van der Waals surface area contributed by atoms with Gasteiger partial charge >= 0.3 is 5.97 Å². The molecule has 0 amide bonds. The van der Waals surface area contributed by atoms with E-state index in [1.807, 2.05) is 48.5 Å². The number of hydrogen-bond donors (Lipinski definition) is 0. The van der Waals surface area contributed by atoms with Crippen molar-refractivity contribution in [2.45, 2.75) is 19.3 Å². The molecule has 0 aliphatic heterocycles. The molecule has 1 unspecified atom stereocenters. The van der Waals surface area contributed by atoms with E-state index < -0.39 is 0 Å². The molecular weight excluding hydrogens is 248 g/mol. The smallest absolute Gasteiger partial charge is 0.309 e. The third-order valence-electron chi connectivity index (χ3n) is 3.73. The second kappa shape index (κ2) is 6.90. The van der Waals surface area contributed by atoms with E-state index in [1.165, 1.54) is 12.7 Å². The molecule has 0 aliphatic rings. The van der Waals surface area contributed by atoms with Crippen molar-refractivity contribution in [3.05, 3.63) is 71.8 Å². The standard InChI is InChI=1S/C18H20O2/c1-14(16-11-7-4-8-12-16)17(18(19)20-2)13-15-9-5-3-6-10-15/h3-12,14,17H,13H2,1-2H3/t14-,17?/m0/s1. The highest BCUT2D eigenvalue weighted by Crippen LogP contribution is 2.28. The van der Waals surface area contributed by atoms with E-state index in [4.69, 9.17) is 4.74 Å². The molecule has 2 rings (SSSR count). The third kappa shape index (κ3) is 3.47. The number of methoxy groups -OCH3 is 1. The fourth-order valence-electron chi connectivity index (χ4n) is 2.47. The molecule has 0 aliphatic carbocycles. The number of hydrogen-bond acceptors (Lipinski definition) is 2. The van der Waals surface area contributed by atoms with Gasteiger partial charge in [-0.05, 0) is 23.5 Å². The molecule has 0 bridgehead atoms. The van der Waals surface area contributed by atoms with Crippen LogP contribution in [0, 0.1) is 5.92 Å². The fourth-order valence-corrected chi connectivity index (χ4v) is 2.47. The highest BCUT2D eigenvalue weighted by Gasteiger charge is 2.27. The molecule has 2 atom stereocenters. The normalized spacial score (nSPS) is 13.5. The zero-order valence-corrected chi connectivity index (χ0v) is 12.0. The van der Waals surface area contributed by atoms with Crippen molar-refractivity contribution < 1.29 is 9.53 Å².